The van der Waals surface area contributed by atoms with Crippen molar-refractivity contribution in [1.29, 1.82) is 0 Å². The molecule has 0 aliphatic carbocycles. The molecule has 0 atom stereocenters. The molecule has 0 amide bonds. The lowest BCUT2D eigenvalue weighted by molar-refractivity contribution is 0.00232. The number of ketones is 1. The maximum absolute atomic E-state index is 11.2. The molecule has 4 heteroatoms. The number of Topliss-reactive ketones (excluding diaryl/α,β-unsaturated/α-hetero) is 1. The van der Waals surface area contributed by atoms with E-state index in [0.717, 1.165) is 6.21 Å². The van der Waals surface area contributed by atoms with Crippen LogP contribution in [0.15, 0.2) is 24.3 Å². The van der Waals surface area contributed by atoms with Crippen LogP contribution >= 0.6 is 0 Å². The van der Waals surface area contributed by atoms with E-state index in [0.29, 0.717) is 11.3 Å². The molecule has 0 aliphatic rings. The van der Waals surface area contributed by atoms with Gasteiger partial charge >= 0.3 is 6.21 Å². The van der Waals surface area contributed by atoms with Gasteiger partial charge in [0.05, 0.1) is 12.7 Å². The highest BCUT2D eigenvalue weighted by Gasteiger charge is 2.11. The SMILES string of the molecule is COc1ccccc1C(=O)C=[N+]=[N-]. The van der Waals surface area contributed by atoms with Gasteiger partial charge in [-0.1, -0.05) is 12.1 Å². The molecule has 1 rings (SSSR count). The lowest BCUT2D eigenvalue weighted by Crippen LogP contribution is -2.03. The molecule has 0 N–H and O–H groups in total. The number of nitrogens with zero attached hydrogens (tertiary/aromatic N) is 2. The summed E-state index contributed by atoms with van der Waals surface area (Å²) in [5.41, 5.74) is 8.55. The Bertz CT molecular complexity index is 368. The zero-order chi connectivity index (χ0) is 9.68. The Labute approximate surface area is 75.4 Å². The predicted molar refractivity (Wildman–Crippen MR) is 47.0 cm³/mol. The van der Waals surface area contributed by atoms with E-state index in [1.54, 1.807) is 24.3 Å². The van der Waals surface area contributed by atoms with Gasteiger partial charge in [0.2, 0.25) is 0 Å². The van der Waals surface area contributed by atoms with Crippen LogP contribution in [0.1, 0.15) is 10.4 Å². The van der Waals surface area contributed by atoms with Crippen LogP contribution in [0.5, 0.6) is 5.75 Å². The summed E-state index contributed by atoms with van der Waals surface area (Å²) in [6.45, 7) is 0. The monoisotopic (exact) mass is 176 g/mol. The summed E-state index contributed by atoms with van der Waals surface area (Å²) in [6.07, 6.45) is 0.831. The number of ether oxygens (including phenoxy) is 1. The highest BCUT2D eigenvalue weighted by Crippen LogP contribution is 2.16. The van der Waals surface area contributed by atoms with Gasteiger partial charge in [-0.25, -0.2) is 0 Å². The molecule has 1 aromatic carbocycles. The van der Waals surface area contributed by atoms with Gasteiger partial charge in [0.1, 0.15) is 5.75 Å². The fourth-order valence-electron chi connectivity index (χ4n) is 0.970. The van der Waals surface area contributed by atoms with Crippen molar-refractivity contribution in [3.63, 3.8) is 0 Å². The number of rotatable bonds is 3. The van der Waals surface area contributed by atoms with Crippen LogP contribution in [-0.2, 0) is 0 Å². The van der Waals surface area contributed by atoms with Crippen molar-refractivity contribution >= 4 is 12.0 Å². The second-order valence-corrected chi connectivity index (χ2v) is 2.31. The maximum atomic E-state index is 11.2. The Morgan fingerprint density at radius 1 is 1.54 bits per heavy atom. The molecule has 66 valence electrons. The second-order valence-electron chi connectivity index (χ2n) is 2.31. The number of hydrogen-bond donors (Lipinski definition) is 0. The Morgan fingerprint density at radius 3 is 2.85 bits per heavy atom. The molecule has 13 heavy (non-hydrogen) atoms. The number of hydrogen-bond acceptors (Lipinski definition) is 2. The molecule has 0 bridgehead atoms. The van der Waals surface area contributed by atoms with Crippen molar-refractivity contribution in [3.8, 4) is 5.75 Å². The summed E-state index contributed by atoms with van der Waals surface area (Å²) in [7, 11) is 1.47. The van der Waals surface area contributed by atoms with E-state index in [1.807, 2.05) is 0 Å². The first-order valence-corrected chi connectivity index (χ1v) is 3.64. The number of carbonyl (C=O) groups excluding carboxylic acids is 1. The summed E-state index contributed by atoms with van der Waals surface area (Å²) in [6, 6.07) is 6.73. The highest BCUT2D eigenvalue weighted by molar-refractivity contribution is 6.34. The third-order valence-electron chi connectivity index (χ3n) is 1.55. The van der Waals surface area contributed by atoms with Crippen LogP contribution in [0, 0.1) is 0 Å². The molecule has 1 aromatic rings. The normalized spacial score (nSPS) is 8.69. The zero-order valence-corrected chi connectivity index (χ0v) is 7.10. The topological polar surface area (TPSA) is 62.7 Å². The van der Waals surface area contributed by atoms with Crippen LogP contribution in [-0.4, -0.2) is 23.9 Å². The molecule has 0 spiro atoms. The smallest absolute Gasteiger partial charge is 0.328 e. The first kappa shape index (κ1) is 9.16. The minimum atomic E-state index is -0.389. The van der Waals surface area contributed by atoms with Gasteiger partial charge in [-0.3, -0.25) is 4.79 Å². The predicted octanol–water partition coefficient (Wildman–Crippen LogP) is 1.18. The van der Waals surface area contributed by atoms with E-state index in [-0.39, 0.29) is 5.78 Å². The van der Waals surface area contributed by atoms with Gasteiger partial charge in [0.15, 0.2) is 0 Å². The Kier molecular flexibility index (Phi) is 2.95. The lowest BCUT2D eigenvalue weighted by Gasteiger charge is -2.01. The number of para-hydroxylation sites is 1. The van der Waals surface area contributed by atoms with Gasteiger partial charge in [0, 0.05) is 0 Å². The third-order valence-corrected chi connectivity index (χ3v) is 1.55. The minimum absolute atomic E-state index is 0.378. The third kappa shape index (κ3) is 2.01. The van der Waals surface area contributed by atoms with Gasteiger partial charge in [-0.15, -0.1) is 0 Å². The molecule has 0 aliphatic heterocycles. The highest BCUT2D eigenvalue weighted by atomic mass is 16.5. The quantitative estimate of drug-likeness (QED) is 0.300. The summed E-state index contributed by atoms with van der Waals surface area (Å²) >= 11 is 0. The largest absolute Gasteiger partial charge is 0.496 e. The van der Waals surface area contributed by atoms with E-state index < -0.39 is 0 Å². The molecule has 0 aromatic heterocycles. The van der Waals surface area contributed by atoms with Crippen LogP contribution in [0.4, 0.5) is 0 Å². The Morgan fingerprint density at radius 2 is 2.23 bits per heavy atom. The summed E-state index contributed by atoms with van der Waals surface area (Å²) in [4.78, 5) is 13.9. The van der Waals surface area contributed by atoms with E-state index in [1.165, 1.54) is 7.11 Å². The van der Waals surface area contributed by atoms with Crippen LogP contribution in [0.2, 0.25) is 0 Å². The summed E-state index contributed by atoms with van der Waals surface area (Å²) in [5, 5.41) is 0. The molecule has 0 saturated heterocycles. The second kappa shape index (κ2) is 4.18. The van der Waals surface area contributed by atoms with Crippen LogP contribution < -0.4 is 4.74 Å². The van der Waals surface area contributed by atoms with E-state index in [9.17, 15) is 4.79 Å². The van der Waals surface area contributed by atoms with Gasteiger partial charge in [-0.05, 0) is 12.1 Å². The van der Waals surface area contributed by atoms with Crippen molar-refractivity contribution < 1.29 is 14.3 Å². The first-order valence-electron chi connectivity index (χ1n) is 3.64. The lowest BCUT2D eigenvalue weighted by atomic mass is 10.1. The maximum Gasteiger partial charge on any atom is 0.328 e. The Hall–Kier alpha value is -1.93. The number of methoxy groups -OCH3 is 1. The van der Waals surface area contributed by atoms with Crippen molar-refractivity contribution in [1.82, 2.24) is 0 Å². The zero-order valence-electron chi connectivity index (χ0n) is 7.10. The van der Waals surface area contributed by atoms with Gasteiger partial charge < -0.3 is 10.3 Å². The van der Waals surface area contributed by atoms with Gasteiger partial charge in [0.25, 0.3) is 5.78 Å². The molecule has 0 fully saturated rings. The van der Waals surface area contributed by atoms with Crippen molar-refractivity contribution in [2.45, 2.75) is 0 Å². The van der Waals surface area contributed by atoms with E-state index in [2.05, 4.69) is 4.79 Å². The van der Waals surface area contributed by atoms with Crippen LogP contribution in [0.25, 0.3) is 5.53 Å². The van der Waals surface area contributed by atoms with Gasteiger partial charge in [-0.2, -0.15) is 4.79 Å². The molecular weight excluding hydrogens is 168 g/mol. The fraction of sp³-hybridized carbons (Fsp3) is 0.111. The summed E-state index contributed by atoms with van der Waals surface area (Å²) in [5.74, 6) is 0.0763. The number of carbonyl (C=O) groups is 1. The first-order chi connectivity index (χ1) is 6.29. The average Bonchev–Trinajstić information content (AvgIpc) is 2.18. The number of benzene rings is 1. The van der Waals surface area contributed by atoms with Crippen molar-refractivity contribution in [2.75, 3.05) is 7.11 Å². The molecule has 0 saturated carbocycles. The van der Waals surface area contributed by atoms with Crippen molar-refractivity contribution in [2.24, 2.45) is 0 Å². The molecule has 0 radical (unpaired) electrons. The molecular formula is C9H8N2O2. The average molecular weight is 176 g/mol. The van der Waals surface area contributed by atoms with E-state index in [4.69, 9.17) is 10.3 Å². The van der Waals surface area contributed by atoms with E-state index >= 15 is 0 Å². The summed E-state index contributed by atoms with van der Waals surface area (Å²) < 4.78 is 4.95. The molecule has 0 heterocycles. The minimum Gasteiger partial charge on any atom is -0.496 e. The molecule has 4 nitrogen and oxygen atoms in total. The van der Waals surface area contributed by atoms with Crippen molar-refractivity contribution in [3.05, 3.63) is 35.4 Å². The standard InChI is InChI=1S/C9H8N2O2/c1-13-9-5-3-2-4-7(9)8(12)6-11-10/h2-6H,1H3. The fourth-order valence-corrected chi connectivity index (χ4v) is 0.970. The molecule has 0 unspecified atom stereocenters. The van der Waals surface area contributed by atoms with Crippen LogP contribution in [0.3, 0.4) is 0 Å². The Balaban J connectivity index is 3.12.